The number of benzene rings is 1. The van der Waals surface area contributed by atoms with Crippen LogP contribution in [0.5, 0.6) is 0 Å². The first-order chi connectivity index (χ1) is 6.70. The molecule has 1 aliphatic rings. The summed E-state index contributed by atoms with van der Waals surface area (Å²) in [6.07, 6.45) is 0. The molecule has 1 fully saturated rings. The summed E-state index contributed by atoms with van der Waals surface area (Å²) in [6.45, 7) is 2.91. The molecule has 2 amide bonds. The van der Waals surface area contributed by atoms with Gasteiger partial charge in [0.15, 0.2) is 0 Å². The van der Waals surface area contributed by atoms with Gasteiger partial charge >= 0.3 is 6.03 Å². The maximum Gasteiger partial charge on any atom is 0.340 e. The van der Waals surface area contributed by atoms with Gasteiger partial charge in [0.2, 0.25) is 6.67 Å². The number of carbonyl (C=O) groups excluding carboxylic acids is 1. The minimum absolute atomic E-state index is 0.0984. The Kier molecular flexibility index (Phi) is 2.13. The molecule has 0 spiro atoms. The van der Waals surface area contributed by atoms with Crippen LogP contribution in [0, 0.1) is 6.67 Å². The van der Waals surface area contributed by atoms with E-state index in [0.29, 0.717) is 0 Å². The lowest BCUT2D eigenvalue weighted by atomic mass is 10.3. The van der Waals surface area contributed by atoms with Crippen molar-refractivity contribution in [3.8, 4) is 0 Å². The van der Waals surface area contributed by atoms with Crippen LogP contribution in [0.25, 0.3) is 0 Å². The van der Waals surface area contributed by atoms with Gasteiger partial charge in [-0.25, -0.2) is 4.79 Å². The molecule has 1 saturated heterocycles. The van der Waals surface area contributed by atoms with Crippen molar-refractivity contribution >= 4 is 11.7 Å². The van der Waals surface area contributed by atoms with Crippen molar-refractivity contribution in [2.24, 2.45) is 0 Å². The Balaban J connectivity index is 2.26. The second-order valence-corrected chi connectivity index (χ2v) is 3.10. The van der Waals surface area contributed by atoms with E-state index >= 15 is 0 Å². The minimum Gasteiger partial charge on any atom is -0.265 e. The van der Waals surface area contributed by atoms with Crippen molar-refractivity contribution in [2.45, 2.75) is 0 Å². The van der Waals surface area contributed by atoms with Crippen LogP contribution in [0.15, 0.2) is 30.3 Å². The number of urea groups is 1. The molecule has 4 nitrogen and oxygen atoms in total. The largest absolute Gasteiger partial charge is 0.340 e. The zero-order valence-corrected chi connectivity index (χ0v) is 8.14. The maximum atomic E-state index is 11.7. The Morgan fingerprint density at radius 2 is 1.79 bits per heavy atom. The van der Waals surface area contributed by atoms with Crippen LogP contribution in [-0.2, 0) is 0 Å². The average Bonchev–Trinajstić information content (AvgIpc) is 2.47. The lowest BCUT2D eigenvalue weighted by Crippen LogP contribution is -2.32. The SMILES string of the molecule is CN1[C]N(c2ccccc2)C(=O)N1C. The lowest BCUT2D eigenvalue weighted by molar-refractivity contribution is 0.129. The molecular formula is C10H11N3O. The summed E-state index contributed by atoms with van der Waals surface area (Å²) in [5.41, 5.74) is 0.828. The Bertz CT molecular complexity index is 338. The summed E-state index contributed by atoms with van der Waals surface area (Å²) in [4.78, 5) is 13.1. The number of nitrogens with zero attached hydrogens (tertiary/aromatic N) is 3. The van der Waals surface area contributed by atoms with E-state index in [9.17, 15) is 4.79 Å². The maximum absolute atomic E-state index is 11.7. The molecule has 0 saturated carbocycles. The summed E-state index contributed by atoms with van der Waals surface area (Å²) >= 11 is 0. The summed E-state index contributed by atoms with van der Waals surface area (Å²) in [5, 5.41) is 3.11. The first-order valence-electron chi connectivity index (χ1n) is 4.33. The molecule has 0 aromatic heterocycles. The highest BCUT2D eigenvalue weighted by molar-refractivity contribution is 5.94. The molecule has 0 unspecified atom stereocenters. The van der Waals surface area contributed by atoms with Gasteiger partial charge in [-0.1, -0.05) is 18.2 Å². The molecule has 2 rings (SSSR count). The quantitative estimate of drug-likeness (QED) is 0.667. The summed E-state index contributed by atoms with van der Waals surface area (Å²) in [5.74, 6) is 0. The van der Waals surface area contributed by atoms with E-state index in [1.54, 1.807) is 19.1 Å². The molecule has 1 aliphatic heterocycles. The van der Waals surface area contributed by atoms with Gasteiger partial charge in [-0.3, -0.25) is 9.91 Å². The zero-order chi connectivity index (χ0) is 10.1. The second-order valence-electron chi connectivity index (χ2n) is 3.10. The van der Waals surface area contributed by atoms with Crippen LogP contribution in [0.3, 0.4) is 0 Å². The van der Waals surface area contributed by atoms with Gasteiger partial charge in [-0.2, -0.15) is 5.01 Å². The summed E-state index contributed by atoms with van der Waals surface area (Å²) in [7, 11) is 3.49. The highest BCUT2D eigenvalue weighted by Gasteiger charge is 2.32. The van der Waals surface area contributed by atoms with Crippen LogP contribution in [0.4, 0.5) is 10.5 Å². The fourth-order valence-corrected chi connectivity index (χ4v) is 1.27. The summed E-state index contributed by atoms with van der Waals surface area (Å²) in [6, 6.07) is 9.34. The predicted octanol–water partition coefficient (Wildman–Crippen LogP) is 1.40. The third kappa shape index (κ3) is 1.33. The van der Waals surface area contributed by atoms with Crippen LogP contribution in [0.2, 0.25) is 0 Å². The van der Waals surface area contributed by atoms with E-state index < -0.39 is 0 Å². The van der Waals surface area contributed by atoms with Crippen molar-refractivity contribution in [1.29, 1.82) is 0 Å². The van der Waals surface area contributed by atoms with Gasteiger partial charge in [0, 0.05) is 19.8 Å². The van der Waals surface area contributed by atoms with Crippen molar-refractivity contribution in [1.82, 2.24) is 10.0 Å². The van der Waals surface area contributed by atoms with Crippen molar-refractivity contribution in [2.75, 3.05) is 19.0 Å². The van der Waals surface area contributed by atoms with Crippen molar-refractivity contribution in [3.63, 3.8) is 0 Å². The Labute approximate surface area is 83.3 Å². The van der Waals surface area contributed by atoms with Gasteiger partial charge in [0.1, 0.15) is 0 Å². The first kappa shape index (κ1) is 9.02. The van der Waals surface area contributed by atoms with Crippen molar-refractivity contribution in [3.05, 3.63) is 37.0 Å². The van der Waals surface area contributed by atoms with E-state index in [1.807, 2.05) is 30.3 Å². The number of hydrazine groups is 1. The number of hydrogen-bond donors (Lipinski definition) is 0. The number of para-hydroxylation sites is 1. The highest BCUT2D eigenvalue weighted by Crippen LogP contribution is 2.22. The van der Waals surface area contributed by atoms with Crippen LogP contribution < -0.4 is 4.90 Å². The number of amides is 2. The average molecular weight is 189 g/mol. The molecule has 1 aromatic rings. The van der Waals surface area contributed by atoms with E-state index in [1.165, 1.54) is 9.91 Å². The molecule has 1 heterocycles. The third-order valence-electron chi connectivity index (χ3n) is 2.18. The van der Waals surface area contributed by atoms with Gasteiger partial charge in [0.05, 0.1) is 0 Å². The molecule has 0 bridgehead atoms. The molecule has 4 heteroatoms. The Morgan fingerprint density at radius 3 is 2.29 bits per heavy atom. The topological polar surface area (TPSA) is 26.8 Å². The molecule has 0 N–H and O–H groups in total. The Hall–Kier alpha value is -1.55. The van der Waals surface area contributed by atoms with E-state index in [4.69, 9.17) is 0 Å². The fourth-order valence-electron chi connectivity index (χ4n) is 1.27. The van der Waals surface area contributed by atoms with Gasteiger partial charge < -0.3 is 0 Å². The number of rotatable bonds is 1. The summed E-state index contributed by atoms with van der Waals surface area (Å²) < 4.78 is 0. The van der Waals surface area contributed by atoms with Crippen LogP contribution in [-0.4, -0.2) is 30.1 Å². The molecule has 14 heavy (non-hydrogen) atoms. The molecule has 1 aromatic carbocycles. The zero-order valence-electron chi connectivity index (χ0n) is 8.14. The highest BCUT2D eigenvalue weighted by atomic mass is 16.2. The van der Waals surface area contributed by atoms with Gasteiger partial charge in [0.25, 0.3) is 0 Å². The monoisotopic (exact) mass is 189 g/mol. The predicted molar refractivity (Wildman–Crippen MR) is 53.1 cm³/mol. The second kappa shape index (κ2) is 3.31. The third-order valence-corrected chi connectivity index (χ3v) is 2.18. The number of anilines is 1. The smallest absolute Gasteiger partial charge is 0.265 e. The fraction of sp³-hybridized carbons (Fsp3) is 0.200. The van der Waals surface area contributed by atoms with E-state index in [0.717, 1.165) is 5.69 Å². The molecular weight excluding hydrogens is 178 g/mol. The van der Waals surface area contributed by atoms with Crippen LogP contribution >= 0.6 is 0 Å². The van der Waals surface area contributed by atoms with E-state index in [-0.39, 0.29) is 6.03 Å². The minimum atomic E-state index is -0.0984. The number of hydrogen-bond acceptors (Lipinski definition) is 2. The van der Waals surface area contributed by atoms with Crippen LogP contribution in [0.1, 0.15) is 0 Å². The van der Waals surface area contributed by atoms with Gasteiger partial charge in [-0.15, -0.1) is 0 Å². The number of carbonyl (C=O) groups is 1. The van der Waals surface area contributed by atoms with Gasteiger partial charge in [-0.05, 0) is 12.1 Å². The normalized spacial score (nSPS) is 18.0. The lowest BCUT2D eigenvalue weighted by Gasteiger charge is -2.14. The Morgan fingerprint density at radius 1 is 1.14 bits per heavy atom. The van der Waals surface area contributed by atoms with Crippen molar-refractivity contribution < 1.29 is 4.79 Å². The molecule has 0 aliphatic carbocycles. The molecule has 72 valence electrons. The molecule has 2 radical (unpaired) electrons. The first-order valence-corrected chi connectivity index (χ1v) is 4.33. The van der Waals surface area contributed by atoms with E-state index in [2.05, 4.69) is 6.67 Å². The standard InChI is InChI=1S/C10H11N3O/c1-11-8-13(10(14)12(11)2)9-6-4-3-5-7-9/h3-7H,1-2H3. The molecule has 0 atom stereocenters.